The van der Waals surface area contributed by atoms with Crippen molar-refractivity contribution < 1.29 is 19.1 Å². The molecule has 0 saturated carbocycles. The highest BCUT2D eigenvalue weighted by Gasteiger charge is 2.13. The summed E-state index contributed by atoms with van der Waals surface area (Å²) in [4.78, 5) is 24.6. The van der Waals surface area contributed by atoms with Crippen molar-refractivity contribution in [3.63, 3.8) is 0 Å². The molecule has 41 heavy (non-hydrogen) atoms. The Bertz CT molecular complexity index is 1180. The molecule has 0 aliphatic carbocycles. The lowest BCUT2D eigenvalue weighted by molar-refractivity contribution is -0.138. The molecule has 5 heteroatoms. The van der Waals surface area contributed by atoms with E-state index in [1.54, 1.807) is 0 Å². The van der Waals surface area contributed by atoms with Crippen LogP contribution in [0.1, 0.15) is 55.2 Å². The SMILES string of the molecule is C=CC(=O)OCCCCCc1ccc(N(c2ccc(C=C)cc2)c2ccc(CCCCCOC(=O)C=C)cc2)cc1. The molecular formula is C36H41NO4. The van der Waals surface area contributed by atoms with E-state index in [9.17, 15) is 9.59 Å². The van der Waals surface area contributed by atoms with Crippen LogP contribution in [0.3, 0.4) is 0 Å². The van der Waals surface area contributed by atoms with Crippen molar-refractivity contribution in [1.29, 1.82) is 0 Å². The largest absolute Gasteiger partial charge is 0.463 e. The number of esters is 2. The van der Waals surface area contributed by atoms with E-state index < -0.39 is 0 Å². The predicted octanol–water partition coefficient (Wildman–Crippen LogP) is 8.68. The fourth-order valence-corrected chi connectivity index (χ4v) is 4.51. The molecule has 0 aromatic heterocycles. The van der Waals surface area contributed by atoms with E-state index in [1.807, 2.05) is 6.08 Å². The second kappa shape index (κ2) is 17.3. The van der Waals surface area contributed by atoms with Crippen molar-refractivity contribution in [2.75, 3.05) is 18.1 Å². The molecule has 0 bridgehead atoms. The zero-order valence-electron chi connectivity index (χ0n) is 23.9. The number of carbonyl (C=O) groups excluding carboxylic acids is 2. The molecule has 0 spiro atoms. The molecule has 0 amide bonds. The van der Waals surface area contributed by atoms with Gasteiger partial charge in [0.1, 0.15) is 0 Å². The first-order chi connectivity index (χ1) is 20.0. The van der Waals surface area contributed by atoms with Gasteiger partial charge < -0.3 is 14.4 Å². The van der Waals surface area contributed by atoms with Gasteiger partial charge in [0.25, 0.3) is 0 Å². The highest BCUT2D eigenvalue weighted by Crippen LogP contribution is 2.35. The smallest absolute Gasteiger partial charge is 0.330 e. The highest BCUT2D eigenvalue weighted by atomic mass is 16.5. The molecule has 0 aliphatic heterocycles. The number of ether oxygens (including phenoxy) is 2. The molecular weight excluding hydrogens is 510 g/mol. The van der Waals surface area contributed by atoms with Crippen LogP contribution in [0, 0.1) is 0 Å². The summed E-state index contributed by atoms with van der Waals surface area (Å²) in [5, 5.41) is 0. The van der Waals surface area contributed by atoms with Gasteiger partial charge in [-0.05, 0) is 104 Å². The Morgan fingerprint density at radius 2 is 0.951 bits per heavy atom. The highest BCUT2D eigenvalue weighted by molar-refractivity contribution is 5.81. The van der Waals surface area contributed by atoms with E-state index in [0.717, 1.165) is 74.0 Å². The van der Waals surface area contributed by atoms with Crippen LogP contribution < -0.4 is 4.90 Å². The van der Waals surface area contributed by atoms with Crippen LogP contribution in [-0.2, 0) is 31.9 Å². The summed E-state index contributed by atoms with van der Waals surface area (Å²) in [6.45, 7) is 11.6. The van der Waals surface area contributed by atoms with Crippen LogP contribution in [0.5, 0.6) is 0 Å². The molecule has 0 N–H and O–H groups in total. The average Bonchev–Trinajstić information content (AvgIpc) is 3.02. The molecule has 3 aromatic carbocycles. The molecule has 3 aromatic rings. The van der Waals surface area contributed by atoms with Gasteiger partial charge in [-0.1, -0.05) is 62.2 Å². The number of anilines is 3. The van der Waals surface area contributed by atoms with E-state index >= 15 is 0 Å². The standard InChI is InChI=1S/C36H41NO4/c1-4-29-15-21-32(22-16-29)37(33-23-17-30(18-24-33)13-9-7-11-27-40-35(38)5-2)34-25-19-31(20-26-34)14-10-8-12-28-41-36(39)6-3/h4-6,15-26H,1-3,7-14,27-28H2. The van der Waals surface area contributed by atoms with Crippen molar-refractivity contribution in [3.8, 4) is 0 Å². The third-order valence-electron chi connectivity index (χ3n) is 6.82. The van der Waals surface area contributed by atoms with Crippen LogP contribution in [0.2, 0.25) is 0 Å². The summed E-state index contributed by atoms with van der Waals surface area (Å²) in [7, 11) is 0. The normalized spacial score (nSPS) is 10.4. The third kappa shape index (κ3) is 10.6. The Kier molecular flexibility index (Phi) is 13.2. The van der Waals surface area contributed by atoms with Crippen molar-refractivity contribution in [1.82, 2.24) is 0 Å². The van der Waals surface area contributed by atoms with E-state index in [-0.39, 0.29) is 11.9 Å². The van der Waals surface area contributed by atoms with Gasteiger partial charge in [0, 0.05) is 29.2 Å². The summed E-state index contributed by atoms with van der Waals surface area (Å²) < 4.78 is 10.1. The van der Waals surface area contributed by atoms with Crippen LogP contribution >= 0.6 is 0 Å². The Balaban J connectivity index is 1.62. The van der Waals surface area contributed by atoms with Gasteiger partial charge in [-0.2, -0.15) is 0 Å². The van der Waals surface area contributed by atoms with E-state index in [4.69, 9.17) is 9.47 Å². The Labute approximate surface area is 244 Å². The first-order valence-electron chi connectivity index (χ1n) is 14.3. The fourth-order valence-electron chi connectivity index (χ4n) is 4.51. The summed E-state index contributed by atoms with van der Waals surface area (Å²) in [5.74, 6) is -0.723. The van der Waals surface area contributed by atoms with Gasteiger partial charge in [0.2, 0.25) is 0 Å². The zero-order chi connectivity index (χ0) is 29.3. The van der Waals surface area contributed by atoms with Crippen molar-refractivity contribution >= 4 is 35.1 Å². The molecule has 0 heterocycles. The summed E-state index contributed by atoms with van der Waals surface area (Å²) in [6, 6.07) is 25.9. The molecule has 0 unspecified atom stereocenters. The summed E-state index contributed by atoms with van der Waals surface area (Å²) in [6.07, 6.45) is 12.0. The molecule has 214 valence electrons. The van der Waals surface area contributed by atoms with Gasteiger partial charge in [0.15, 0.2) is 0 Å². The van der Waals surface area contributed by atoms with E-state index in [2.05, 4.69) is 97.4 Å². The molecule has 5 nitrogen and oxygen atoms in total. The third-order valence-corrected chi connectivity index (χ3v) is 6.82. The van der Waals surface area contributed by atoms with Gasteiger partial charge in [-0.15, -0.1) is 0 Å². The number of hydrogen-bond donors (Lipinski definition) is 0. The topological polar surface area (TPSA) is 55.8 Å². The summed E-state index contributed by atoms with van der Waals surface area (Å²) >= 11 is 0. The van der Waals surface area contributed by atoms with Gasteiger partial charge >= 0.3 is 11.9 Å². The molecule has 3 rings (SSSR count). The lowest BCUT2D eigenvalue weighted by Crippen LogP contribution is -2.10. The maximum atomic E-state index is 11.1. The molecule has 0 saturated heterocycles. The first-order valence-corrected chi connectivity index (χ1v) is 14.3. The average molecular weight is 552 g/mol. The molecule has 0 radical (unpaired) electrons. The van der Waals surface area contributed by atoms with Gasteiger partial charge in [-0.25, -0.2) is 9.59 Å². The van der Waals surface area contributed by atoms with E-state index in [0.29, 0.717) is 13.2 Å². The van der Waals surface area contributed by atoms with Crippen LogP contribution in [0.4, 0.5) is 17.1 Å². The first kappa shape index (κ1) is 31.2. The minimum absolute atomic E-state index is 0.361. The lowest BCUT2D eigenvalue weighted by Gasteiger charge is -2.26. The maximum absolute atomic E-state index is 11.1. The number of rotatable bonds is 18. The Hall–Kier alpha value is -4.38. The molecule has 0 fully saturated rings. The lowest BCUT2D eigenvalue weighted by atomic mass is 10.0. The zero-order valence-corrected chi connectivity index (χ0v) is 23.9. The van der Waals surface area contributed by atoms with Gasteiger partial charge in [-0.3, -0.25) is 0 Å². The maximum Gasteiger partial charge on any atom is 0.330 e. The quantitative estimate of drug-likeness (QED) is 0.0899. The fraction of sp³-hybridized carbons (Fsp3) is 0.278. The minimum Gasteiger partial charge on any atom is -0.463 e. The van der Waals surface area contributed by atoms with Crippen LogP contribution in [0.25, 0.3) is 6.08 Å². The number of unbranched alkanes of at least 4 members (excludes halogenated alkanes) is 4. The number of benzene rings is 3. The molecule has 0 aliphatic rings. The van der Waals surface area contributed by atoms with Crippen molar-refractivity contribution in [2.45, 2.75) is 51.4 Å². The number of nitrogens with zero attached hydrogens (tertiary/aromatic N) is 1. The Morgan fingerprint density at radius 1 is 0.561 bits per heavy atom. The number of hydrogen-bond acceptors (Lipinski definition) is 5. The summed E-state index contributed by atoms with van der Waals surface area (Å²) in [5.41, 5.74) is 6.93. The van der Waals surface area contributed by atoms with Crippen molar-refractivity contribution in [2.24, 2.45) is 0 Å². The van der Waals surface area contributed by atoms with Crippen LogP contribution in [0.15, 0.2) is 105 Å². The molecule has 0 atom stereocenters. The number of carbonyl (C=O) groups is 2. The predicted molar refractivity (Wildman–Crippen MR) is 169 cm³/mol. The van der Waals surface area contributed by atoms with E-state index in [1.165, 1.54) is 23.3 Å². The second-order valence-corrected chi connectivity index (χ2v) is 9.83. The van der Waals surface area contributed by atoms with Gasteiger partial charge in [0.05, 0.1) is 13.2 Å². The minimum atomic E-state index is -0.361. The Morgan fingerprint density at radius 3 is 1.32 bits per heavy atom. The second-order valence-electron chi connectivity index (χ2n) is 9.83. The number of aryl methyl sites for hydroxylation is 2. The van der Waals surface area contributed by atoms with Crippen molar-refractivity contribution in [3.05, 3.63) is 121 Å². The monoisotopic (exact) mass is 551 g/mol. The van der Waals surface area contributed by atoms with Crippen LogP contribution in [-0.4, -0.2) is 25.2 Å².